The molecule has 1 saturated heterocycles. The van der Waals surface area contributed by atoms with E-state index in [1.54, 1.807) is 0 Å². The third-order valence-corrected chi connectivity index (χ3v) is 5.39. The van der Waals surface area contributed by atoms with E-state index in [4.69, 9.17) is 22.1 Å². The first-order valence-corrected chi connectivity index (χ1v) is 13.3. The number of unbranched alkanes of at least 4 members (excludes halogenated alkanes) is 1. The number of nitrogens with zero attached hydrogens (tertiary/aromatic N) is 1. The SMILES string of the molecule is C/C=C\CC/C=C(\C)NC(=S)Oc1ccc(CN2CCCC(NC=O)CC2)cc1.CC.CCCO. The largest absolute Gasteiger partial charge is 0.432 e. The van der Waals surface area contributed by atoms with E-state index >= 15 is 0 Å². The molecule has 0 saturated carbocycles. The molecule has 2 rings (SSSR count). The Hall–Kier alpha value is -2.22. The normalized spacial score (nSPS) is 16.2. The lowest BCUT2D eigenvalue weighted by Gasteiger charge is -2.20. The summed E-state index contributed by atoms with van der Waals surface area (Å²) in [6, 6.07) is 8.40. The summed E-state index contributed by atoms with van der Waals surface area (Å²) in [5.41, 5.74) is 2.25. The van der Waals surface area contributed by atoms with Gasteiger partial charge in [0.25, 0.3) is 5.17 Å². The zero-order valence-corrected chi connectivity index (χ0v) is 23.2. The van der Waals surface area contributed by atoms with Crippen molar-refractivity contribution in [3.8, 4) is 5.75 Å². The van der Waals surface area contributed by atoms with Gasteiger partial charge in [-0.2, -0.15) is 0 Å². The van der Waals surface area contributed by atoms with Crippen molar-refractivity contribution in [2.75, 3.05) is 19.7 Å². The van der Waals surface area contributed by atoms with E-state index in [0.717, 1.165) is 76.0 Å². The Balaban J connectivity index is 0.00000174. The molecular weight excluding hydrogens is 458 g/mol. The van der Waals surface area contributed by atoms with Gasteiger partial charge in [0.15, 0.2) is 0 Å². The van der Waals surface area contributed by atoms with Gasteiger partial charge in [-0.1, -0.05) is 51.1 Å². The molecule has 35 heavy (non-hydrogen) atoms. The summed E-state index contributed by atoms with van der Waals surface area (Å²) in [6.45, 7) is 13.2. The van der Waals surface area contributed by atoms with Crippen molar-refractivity contribution in [3.63, 3.8) is 0 Å². The van der Waals surface area contributed by atoms with E-state index in [9.17, 15) is 4.79 Å². The Morgan fingerprint density at radius 2 is 1.89 bits per heavy atom. The minimum absolute atomic E-state index is 0.308. The van der Waals surface area contributed by atoms with Gasteiger partial charge in [0.1, 0.15) is 5.75 Å². The molecule has 1 aliphatic heterocycles. The Morgan fingerprint density at radius 3 is 2.49 bits per heavy atom. The van der Waals surface area contributed by atoms with E-state index in [0.29, 0.717) is 17.8 Å². The minimum Gasteiger partial charge on any atom is -0.432 e. The van der Waals surface area contributed by atoms with Crippen LogP contribution < -0.4 is 15.4 Å². The molecule has 0 bridgehead atoms. The summed E-state index contributed by atoms with van der Waals surface area (Å²) in [5.74, 6) is 0.735. The Labute approximate surface area is 218 Å². The zero-order chi connectivity index (χ0) is 26.3. The van der Waals surface area contributed by atoms with Crippen LogP contribution in [0.15, 0.2) is 48.2 Å². The number of amides is 1. The maximum atomic E-state index is 10.6. The standard InChI is InChI=1S/C23H33N3O2S.C3H8O.C2H6/c1-3-4-5-6-8-19(2)25-23(29)28-22-12-10-20(11-13-22)17-26-15-7-9-21(14-16-26)24-18-27;1-2-3-4;1-2/h3-4,8,10-13,18,21H,5-7,9,14-17H2,1-2H3,(H,24,27)(H,25,29);4H,2-3H2,1H3;1-2H3/b4-3-,19-8+;;. The van der Waals surface area contributed by atoms with Crippen LogP contribution in [0, 0.1) is 0 Å². The number of hydrogen-bond donors (Lipinski definition) is 3. The van der Waals surface area contributed by atoms with Gasteiger partial charge in [-0.15, -0.1) is 0 Å². The topological polar surface area (TPSA) is 73.8 Å². The molecule has 1 amide bonds. The highest BCUT2D eigenvalue weighted by molar-refractivity contribution is 7.80. The molecule has 0 spiro atoms. The number of likely N-dealkylation sites (tertiary alicyclic amines) is 1. The average molecular weight is 506 g/mol. The molecule has 1 atom stereocenters. The lowest BCUT2D eigenvalue weighted by molar-refractivity contribution is -0.110. The number of rotatable bonds is 10. The van der Waals surface area contributed by atoms with Crippen molar-refractivity contribution < 1.29 is 14.6 Å². The second-order valence-electron chi connectivity index (χ2n) is 8.10. The van der Waals surface area contributed by atoms with E-state index in [-0.39, 0.29) is 0 Å². The van der Waals surface area contributed by atoms with Crippen LogP contribution in [-0.2, 0) is 11.3 Å². The third kappa shape index (κ3) is 16.9. The lowest BCUT2D eigenvalue weighted by Crippen LogP contribution is -2.29. The number of ether oxygens (including phenoxy) is 1. The molecule has 1 fully saturated rings. The molecule has 7 heteroatoms. The predicted octanol–water partition coefficient (Wildman–Crippen LogP) is 5.72. The van der Waals surface area contributed by atoms with Crippen LogP contribution in [0.5, 0.6) is 5.75 Å². The lowest BCUT2D eigenvalue weighted by atomic mass is 10.1. The van der Waals surface area contributed by atoms with Crippen LogP contribution in [0.3, 0.4) is 0 Å². The van der Waals surface area contributed by atoms with Gasteiger partial charge >= 0.3 is 0 Å². The molecule has 198 valence electrons. The van der Waals surface area contributed by atoms with Crippen molar-refractivity contribution >= 4 is 23.8 Å². The molecule has 1 unspecified atom stereocenters. The molecular formula is C28H47N3O3S. The second-order valence-corrected chi connectivity index (χ2v) is 8.47. The number of nitrogens with one attached hydrogen (secondary N) is 2. The van der Waals surface area contributed by atoms with Crippen LogP contribution in [-0.4, -0.2) is 47.3 Å². The second kappa shape index (κ2) is 22.3. The number of aliphatic hydroxyl groups excluding tert-OH is 1. The van der Waals surface area contributed by atoms with Crippen molar-refractivity contribution in [2.24, 2.45) is 0 Å². The Kier molecular flexibility index (Phi) is 20.8. The van der Waals surface area contributed by atoms with Crippen LogP contribution >= 0.6 is 12.2 Å². The molecule has 1 heterocycles. The van der Waals surface area contributed by atoms with Crippen LogP contribution in [0.1, 0.15) is 78.7 Å². The highest BCUT2D eigenvalue weighted by Crippen LogP contribution is 2.17. The monoisotopic (exact) mass is 505 g/mol. The first-order chi connectivity index (χ1) is 17.0. The number of aliphatic hydroxyl groups is 1. The fraction of sp³-hybridized carbons (Fsp3) is 0.571. The predicted molar refractivity (Wildman–Crippen MR) is 151 cm³/mol. The smallest absolute Gasteiger partial charge is 0.266 e. The molecule has 1 aromatic carbocycles. The Bertz CT molecular complexity index is 733. The highest BCUT2D eigenvalue weighted by Gasteiger charge is 2.16. The quantitative estimate of drug-likeness (QED) is 0.164. The molecule has 0 aromatic heterocycles. The van der Waals surface area contributed by atoms with E-state index in [1.807, 2.05) is 46.8 Å². The Morgan fingerprint density at radius 1 is 1.20 bits per heavy atom. The number of carbonyl (C=O) groups is 1. The van der Waals surface area contributed by atoms with Gasteiger partial charge < -0.3 is 20.5 Å². The summed E-state index contributed by atoms with van der Waals surface area (Å²) >= 11 is 5.30. The number of carbonyl (C=O) groups excluding carboxylic acids is 1. The molecule has 3 N–H and O–H groups in total. The first-order valence-electron chi connectivity index (χ1n) is 12.9. The summed E-state index contributed by atoms with van der Waals surface area (Å²) in [6.07, 6.45) is 13.2. The summed E-state index contributed by atoms with van der Waals surface area (Å²) in [4.78, 5) is 13.1. The maximum absolute atomic E-state index is 10.6. The van der Waals surface area contributed by atoms with Gasteiger partial charge in [0.2, 0.25) is 6.41 Å². The molecule has 0 aliphatic carbocycles. The van der Waals surface area contributed by atoms with Crippen LogP contribution in [0.25, 0.3) is 0 Å². The summed E-state index contributed by atoms with van der Waals surface area (Å²) in [5, 5.41) is 14.3. The van der Waals surface area contributed by atoms with Crippen molar-refractivity contribution in [2.45, 2.75) is 85.7 Å². The molecule has 6 nitrogen and oxygen atoms in total. The van der Waals surface area contributed by atoms with E-state index in [1.165, 1.54) is 5.56 Å². The third-order valence-electron chi connectivity index (χ3n) is 5.21. The maximum Gasteiger partial charge on any atom is 0.266 e. The number of thiocarbonyl (C=S) groups is 1. The van der Waals surface area contributed by atoms with Gasteiger partial charge in [-0.25, -0.2) is 0 Å². The van der Waals surface area contributed by atoms with Gasteiger partial charge in [-0.05, 0) is 88.8 Å². The van der Waals surface area contributed by atoms with Crippen molar-refractivity contribution in [1.29, 1.82) is 0 Å². The van der Waals surface area contributed by atoms with E-state index in [2.05, 4.69) is 45.9 Å². The van der Waals surface area contributed by atoms with Crippen LogP contribution in [0.4, 0.5) is 0 Å². The summed E-state index contributed by atoms with van der Waals surface area (Å²) in [7, 11) is 0. The van der Waals surface area contributed by atoms with Gasteiger partial charge in [0.05, 0.1) is 0 Å². The fourth-order valence-electron chi connectivity index (χ4n) is 3.41. The minimum atomic E-state index is 0.308. The molecule has 0 radical (unpaired) electrons. The van der Waals surface area contributed by atoms with Crippen LogP contribution in [0.2, 0.25) is 0 Å². The number of hydrogen-bond acceptors (Lipinski definition) is 5. The zero-order valence-electron chi connectivity index (χ0n) is 22.4. The molecule has 1 aromatic rings. The van der Waals surface area contributed by atoms with E-state index < -0.39 is 0 Å². The first kappa shape index (κ1) is 32.8. The number of benzene rings is 1. The van der Waals surface area contributed by atoms with Gasteiger partial charge in [0, 0.05) is 31.4 Å². The van der Waals surface area contributed by atoms with Crippen molar-refractivity contribution in [1.82, 2.24) is 15.5 Å². The highest BCUT2D eigenvalue weighted by atomic mass is 32.1. The summed E-state index contributed by atoms with van der Waals surface area (Å²) < 4.78 is 5.73. The fourth-order valence-corrected chi connectivity index (χ4v) is 3.66. The van der Waals surface area contributed by atoms with Gasteiger partial charge in [-0.3, -0.25) is 9.69 Å². The number of allylic oxidation sites excluding steroid dienone is 4. The average Bonchev–Trinajstić information content (AvgIpc) is 3.09. The molecule has 1 aliphatic rings. The van der Waals surface area contributed by atoms with Crippen molar-refractivity contribution in [3.05, 3.63) is 53.8 Å².